The zero-order valence-electron chi connectivity index (χ0n) is 52.7. The highest BCUT2D eigenvalue weighted by atomic mass is 33.1. The highest BCUT2D eigenvalue weighted by Crippen LogP contribution is 2.32. The molecule has 4 saturated heterocycles. The van der Waals surface area contributed by atoms with Gasteiger partial charge in [-0.05, 0) is 77.0 Å². The van der Waals surface area contributed by atoms with Crippen LogP contribution in [0.1, 0.15) is 129 Å². The van der Waals surface area contributed by atoms with E-state index < -0.39 is 161 Å². The lowest BCUT2D eigenvalue weighted by molar-refractivity contribution is -0.348. The number of amides is 6. The Labute approximate surface area is 544 Å². The Morgan fingerprint density at radius 2 is 0.663 bits per heavy atom. The summed E-state index contributed by atoms with van der Waals surface area (Å²) in [6.07, 6.45) is -15.8. The van der Waals surface area contributed by atoms with Crippen LogP contribution in [0.2, 0.25) is 0 Å². The number of rotatable bonds is 45. The number of carbonyl (C=O) groups is 6. The van der Waals surface area contributed by atoms with Gasteiger partial charge in [-0.25, -0.2) is 0 Å². The van der Waals surface area contributed by atoms with Crippen molar-refractivity contribution in [3.63, 3.8) is 0 Å². The number of hydrogen-bond donors (Lipinski definition) is 18. The third-order valence-electron chi connectivity index (χ3n) is 15.7. The summed E-state index contributed by atoms with van der Waals surface area (Å²) in [6, 6.07) is -2.35. The van der Waals surface area contributed by atoms with E-state index in [1.54, 1.807) is 21.6 Å². The average Bonchev–Trinajstić information content (AvgIpc) is 0.817. The molecule has 4 heterocycles. The minimum atomic E-state index is -1.78. The van der Waals surface area contributed by atoms with Crippen molar-refractivity contribution in [3.8, 4) is 0 Å². The normalized spacial score (nSPS) is 31.5. The first-order valence-corrected chi connectivity index (χ1v) is 34.5. The van der Waals surface area contributed by atoms with Crippen molar-refractivity contribution in [2.45, 2.75) is 252 Å². The Morgan fingerprint density at radius 1 is 0.359 bits per heavy atom. The Kier molecular flexibility index (Phi) is 39.9. The largest absolute Gasteiger partial charge is 0.394 e. The molecule has 92 heavy (non-hydrogen) atoms. The Balaban J connectivity index is 0.901. The van der Waals surface area contributed by atoms with Crippen molar-refractivity contribution in [1.82, 2.24) is 31.9 Å². The maximum absolute atomic E-state index is 12.4. The van der Waals surface area contributed by atoms with Gasteiger partial charge in [0.1, 0.15) is 97.5 Å². The predicted molar refractivity (Wildman–Crippen MR) is 328 cm³/mol. The number of aliphatic hydroxyl groups is 12. The van der Waals surface area contributed by atoms with Crippen LogP contribution >= 0.6 is 21.6 Å². The summed E-state index contributed by atoms with van der Waals surface area (Å²) in [7, 11) is 3.34. The van der Waals surface area contributed by atoms with Gasteiger partial charge in [-0.15, -0.1) is 0 Å². The van der Waals surface area contributed by atoms with E-state index in [4.69, 9.17) is 37.9 Å². The molecule has 0 aromatic carbocycles. The quantitative estimate of drug-likeness (QED) is 0.0202. The summed E-state index contributed by atoms with van der Waals surface area (Å²) < 4.78 is 45.6. The molecular formula is C58H104N6O26S2. The molecule has 0 unspecified atom stereocenters. The lowest BCUT2D eigenvalue weighted by Crippen LogP contribution is -2.67. The van der Waals surface area contributed by atoms with Gasteiger partial charge < -0.3 is 131 Å². The first kappa shape index (κ1) is 81.2. The van der Waals surface area contributed by atoms with Crippen LogP contribution in [-0.2, 0) is 66.7 Å². The lowest BCUT2D eigenvalue weighted by atomic mass is 9.95. The van der Waals surface area contributed by atoms with E-state index >= 15 is 0 Å². The van der Waals surface area contributed by atoms with Gasteiger partial charge in [-0.3, -0.25) is 28.8 Å². The fraction of sp³-hybridized carbons (Fsp3) is 0.897. The van der Waals surface area contributed by atoms with Gasteiger partial charge >= 0.3 is 0 Å². The SMILES string of the molecule is CC(=O)N[C@H]1[C@H](OCCCCCNC(=O)CCCCCNC(=O)CCCSSCCCC(=O)NCCCCCC(=O)NCCCCCO[C@@H]2O[C@H](CO)[C@@H](O[C@@H]3O[C@H](CO)[C@@H](O)[C@H](O)[C@H]3O)[C@H](O)[C@H]2NC(C)=O)O[C@H](CO)[C@@H](O[C@@H]2O[C@H](CO)[C@@H](O)[C@H](O)[C@H]2O)[C@@H]1O. The van der Waals surface area contributed by atoms with Gasteiger partial charge in [0, 0.05) is 90.4 Å². The van der Waals surface area contributed by atoms with Gasteiger partial charge in [-0.2, -0.15) is 0 Å². The van der Waals surface area contributed by atoms with Crippen LogP contribution < -0.4 is 31.9 Å². The van der Waals surface area contributed by atoms with Crippen molar-refractivity contribution in [2.75, 3.05) is 77.3 Å². The van der Waals surface area contributed by atoms with Crippen LogP contribution in [0.25, 0.3) is 0 Å². The lowest BCUT2D eigenvalue weighted by Gasteiger charge is -2.47. The molecule has 20 atom stereocenters. The van der Waals surface area contributed by atoms with Crippen molar-refractivity contribution >= 4 is 57.0 Å². The third-order valence-corrected chi connectivity index (χ3v) is 18.3. The third kappa shape index (κ3) is 28.4. The van der Waals surface area contributed by atoms with Crippen LogP contribution in [0.5, 0.6) is 0 Å². The van der Waals surface area contributed by atoms with Crippen LogP contribution in [0, 0.1) is 0 Å². The van der Waals surface area contributed by atoms with Crippen LogP contribution in [0.4, 0.5) is 0 Å². The molecule has 32 nitrogen and oxygen atoms in total. The summed E-state index contributed by atoms with van der Waals surface area (Å²) in [5, 5.41) is 140. The second kappa shape index (κ2) is 45.3. The van der Waals surface area contributed by atoms with Gasteiger partial charge in [0.05, 0.1) is 26.4 Å². The van der Waals surface area contributed by atoms with E-state index in [9.17, 15) is 90.0 Å². The molecule has 4 aliphatic rings. The smallest absolute Gasteiger partial charge is 0.220 e. The molecule has 4 aliphatic heterocycles. The fourth-order valence-electron chi connectivity index (χ4n) is 10.5. The molecule has 534 valence electrons. The van der Waals surface area contributed by atoms with E-state index in [-0.39, 0.29) is 36.8 Å². The number of aliphatic hydroxyl groups excluding tert-OH is 12. The monoisotopic (exact) mass is 1360 g/mol. The number of nitrogens with one attached hydrogen (secondary N) is 6. The van der Waals surface area contributed by atoms with Crippen molar-refractivity contribution in [2.24, 2.45) is 0 Å². The molecule has 0 radical (unpaired) electrons. The molecule has 34 heteroatoms. The highest BCUT2D eigenvalue weighted by molar-refractivity contribution is 8.76. The molecule has 0 spiro atoms. The number of carbonyl (C=O) groups excluding carboxylic acids is 6. The zero-order valence-corrected chi connectivity index (χ0v) is 54.3. The van der Waals surface area contributed by atoms with Gasteiger partial charge in [0.15, 0.2) is 25.2 Å². The van der Waals surface area contributed by atoms with Crippen LogP contribution in [0.15, 0.2) is 0 Å². The zero-order chi connectivity index (χ0) is 67.5. The average molecular weight is 1370 g/mol. The van der Waals surface area contributed by atoms with E-state index in [0.717, 1.165) is 50.0 Å². The molecule has 4 fully saturated rings. The molecule has 0 aliphatic carbocycles. The minimum absolute atomic E-state index is 0.0202. The molecule has 6 amide bonds. The predicted octanol–water partition coefficient (Wildman–Crippen LogP) is -4.58. The second-order valence-electron chi connectivity index (χ2n) is 23.2. The van der Waals surface area contributed by atoms with E-state index in [0.29, 0.717) is 103 Å². The molecule has 0 aromatic rings. The van der Waals surface area contributed by atoms with Crippen molar-refractivity contribution < 1.29 is 128 Å². The van der Waals surface area contributed by atoms with Crippen LogP contribution in [-0.4, -0.2) is 297 Å². The number of ether oxygens (including phenoxy) is 8. The van der Waals surface area contributed by atoms with Crippen molar-refractivity contribution in [1.29, 1.82) is 0 Å². The van der Waals surface area contributed by atoms with Gasteiger partial charge in [0.2, 0.25) is 35.4 Å². The topological polar surface area (TPSA) is 491 Å². The maximum atomic E-state index is 12.4. The number of hydrogen-bond acceptors (Lipinski definition) is 28. The first-order valence-electron chi connectivity index (χ1n) is 32.0. The molecule has 0 aromatic heterocycles. The van der Waals surface area contributed by atoms with Crippen LogP contribution in [0.3, 0.4) is 0 Å². The standard InChI is InChI=1S/C58H104N6O26S2/c1-33(69)63-43-47(77)53(89-57-51(81)49(79)45(75)35(29-65)85-57)37(31-67)87-55(43)83-25-13-5-11-23-59-39(71)17-7-3-9-21-61-41(73)19-15-27-91-92-28-16-20-42(74)62-22-10-4-8-18-40(72)60-24-12-6-14-26-84-56-44(64-34(2)70)48(78)54(38(32-68)88-56)90-58-52(82)50(80)46(76)36(30-66)86-58/h35-38,43-58,65-68,75-82H,3-32H2,1-2H3,(H,59,71)(H,60,72)(H,61,73)(H,62,74)(H,63,69)(H,64,70)/t35-,36-,37-,38-,43-,44-,45-,46-,47-,48-,49+,50+,51-,52-,53-,54-,55-,56-,57+,58+/m1/s1. The van der Waals surface area contributed by atoms with Gasteiger partial charge in [-0.1, -0.05) is 34.4 Å². The van der Waals surface area contributed by atoms with E-state index in [1.165, 1.54) is 13.8 Å². The van der Waals surface area contributed by atoms with E-state index in [2.05, 4.69) is 31.9 Å². The molecule has 0 saturated carbocycles. The Hall–Kier alpha value is -3.28. The van der Waals surface area contributed by atoms with E-state index in [1.807, 2.05) is 0 Å². The van der Waals surface area contributed by atoms with Gasteiger partial charge in [0.25, 0.3) is 0 Å². The summed E-state index contributed by atoms with van der Waals surface area (Å²) in [5.74, 6) is 0.360. The summed E-state index contributed by atoms with van der Waals surface area (Å²) in [6.45, 7) is 1.94. The molecule has 4 rings (SSSR count). The summed E-state index contributed by atoms with van der Waals surface area (Å²) in [5.41, 5.74) is 0. The first-order chi connectivity index (χ1) is 44.1. The Bertz CT molecular complexity index is 1980. The minimum Gasteiger partial charge on any atom is -0.394 e. The highest BCUT2D eigenvalue weighted by Gasteiger charge is 2.53. The van der Waals surface area contributed by atoms with Crippen molar-refractivity contribution in [3.05, 3.63) is 0 Å². The Morgan fingerprint density at radius 3 is 0.978 bits per heavy atom. The molecular weight excluding hydrogens is 1260 g/mol. The molecule has 0 bridgehead atoms. The summed E-state index contributed by atoms with van der Waals surface area (Å²) in [4.78, 5) is 73.5. The summed E-state index contributed by atoms with van der Waals surface area (Å²) >= 11 is 0. The fourth-order valence-corrected chi connectivity index (χ4v) is 12.7. The second-order valence-corrected chi connectivity index (χ2v) is 25.9. The molecule has 18 N–H and O–H groups in total. The number of unbranched alkanes of at least 4 members (excludes halogenated alkanes) is 8. The maximum Gasteiger partial charge on any atom is 0.220 e.